The smallest absolute Gasteiger partial charge is 0.339 e. The van der Waals surface area contributed by atoms with Gasteiger partial charge in [-0.1, -0.05) is 13.8 Å². The summed E-state index contributed by atoms with van der Waals surface area (Å²) in [6.07, 6.45) is 0.914. The fraction of sp³-hybridized carbons (Fsp3) is 0.571. The van der Waals surface area contributed by atoms with Crippen molar-refractivity contribution in [2.45, 2.75) is 33.2 Å². The van der Waals surface area contributed by atoms with Crippen molar-refractivity contribution in [1.82, 2.24) is 10.3 Å². The molecule has 5 heteroatoms. The Morgan fingerprint density at radius 2 is 2.16 bits per heavy atom. The topological polar surface area (TPSA) is 60.5 Å². The highest BCUT2D eigenvalue weighted by Gasteiger charge is 2.10. The normalized spacial score (nSPS) is 10.6. The lowest BCUT2D eigenvalue weighted by atomic mass is 10.2. The molecule has 0 bridgehead atoms. The zero-order valence-electron chi connectivity index (χ0n) is 12.0. The molecule has 0 aliphatic carbocycles. The Bertz CT molecular complexity index is 419. The van der Waals surface area contributed by atoms with Crippen LogP contribution >= 0.6 is 0 Å². The number of pyridine rings is 1. The second-order valence-corrected chi connectivity index (χ2v) is 4.58. The minimum atomic E-state index is -0.377. The number of aryl methyl sites for hydroxylation is 1. The number of hydrogen-bond donors (Lipinski definition) is 1. The first kappa shape index (κ1) is 15.4. The Balaban J connectivity index is 2.43. The van der Waals surface area contributed by atoms with Crippen LogP contribution in [0.1, 0.15) is 36.3 Å². The van der Waals surface area contributed by atoms with Gasteiger partial charge in [-0.3, -0.25) is 0 Å². The van der Waals surface area contributed by atoms with Gasteiger partial charge in [-0.2, -0.15) is 0 Å². The zero-order valence-corrected chi connectivity index (χ0v) is 12.0. The Labute approximate surface area is 114 Å². The molecule has 1 aromatic rings. The summed E-state index contributed by atoms with van der Waals surface area (Å²) < 4.78 is 10.2. The van der Waals surface area contributed by atoms with E-state index in [1.54, 1.807) is 19.1 Å². The molecular weight excluding hydrogens is 244 g/mol. The van der Waals surface area contributed by atoms with Gasteiger partial charge >= 0.3 is 5.97 Å². The summed E-state index contributed by atoms with van der Waals surface area (Å²) in [6, 6.07) is 3.85. The largest absolute Gasteiger partial charge is 0.478 e. The van der Waals surface area contributed by atoms with Crippen LogP contribution in [0.25, 0.3) is 0 Å². The number of carbonyl (C=O) groups is 1. The number of ether oxygens (including phenoxy) is 2. The molecule has 1 heterocycles. The number of rotatable bonds is 7. The van der Waals surface area contributed by atoms with E-state index in [0.717, 1.165) is 13.0 Å². The summed E-state index contributed by atoms with van der Waals surface area (Å²) in [6.45, 7) is 7.49. The number of nitrogens with zero attached hydrogens (tertiary/aromatic N) is 1. The van der Waals surface area contributed by atoms with Crippen molar-refractivity contribution in [2.75, 3.05) is 20.3 Å². The van der Waals surface area contributed by atoms with E-state index < -0.39 is 0 Å². The molecule has 0 saturated heterocycles. The van der Waals surface area contributed by atoms with Gasteiger partial charge in [-0.05, 0) is 26.0 Å². The maximum atomic E-state index is 11.4. The van der Waals surface area contributed by atoms with Crippen molar-refractivity contribution >= 4 is 5.97 Å². The molecule has 1 N–H and O–H groups in total. The molecule has 0 aliphatic heterocycles. The fourth-order valence-electron chi connectivity index (χ4n) is 1.58. The van der Waals surface area contributed by atoms with Crippen molar-refractivity contribution in [1.29, 1.82) is 0 Å². The lowest BCUT2D eigenvalue weighted by Gasteiger charge is -2.10. The molecule has 0 saturated carbocycles. The average molecular weight is 266 g/mol. The van der Waals surface area contributed by atoms with Crippen LogP contribution in [0.3, 0.4) is 0 Å². The van der Waals surface area contributed by atoms with Crippen LogP contribution in [-0.4, -0.2) is 37.3 Å². The lowest BCUT2D eigenvalue weighted by molar-refractivity contribution is 0.0599. The van der Waals surface area contributed by atoms with Crippen molar-refractivity contribution in [3.63, 3.8) is 0 Å². The van der Waals surface area contributed by atoms with E-state index >= 15 is 0 Å². The first-order valence-electron chi connectivity index (χ1n) is 6.46. The highest BCUT2D eigenvalue weighted by atomic mass is 16.5. The van der Waals surface area contributed by atoms with Crippen molar-refractivity contribution in [3.8, 4) is 5.88 Å². The van der Waals surface area contributed by atoms with Gasteiger partial charge < -0.3 is 14.8 Å². The van der Waals surface area contributed by atoms with E-state index in [4.69, 9.17) is 4.74 Å². The minimum Gasteiger partial charge on any atom is -0.478 e. The van der Waals surface area contributed by atoms with Crippen LogP contribution in [0.2, 0.25) is 0 Å². The number of esters is 1. The van der Waals surface area contributed by atoms with Gasteiger partial charge in [0.1, 0.15) is 0 Å². The van der Waals surface area contributed by atoms with Gasteiger partial charge in [0.25, 0.3) is 0 Å². The van der Waals surface area contributed by atoms with Gasteiger partial charge in [0.05, 0.1) is 25.0 Å². The molecule has 106 valence electrons. The third-order valence-corrected chi connectivity index (χ3v) is 2.59. The van der Waals surface area contributed by atoms with E-state index in [-0.39, 0.29) is 5.97 Å². The average Bonchev–Trinajstić information content (AvgIpc) is 2.37. The van der Waals surface area contributed by atoms with Crippen LogP contribution in [0.4, 0.5) is 0 Å². The molecule has 5 nitrogen and oxygen atoms in total. The van der Waals surface area contributed by atoms with Gasteiger partial charge in [-0.15, -0.1) is 0 Å². The number of nitrogens with one attached hydrogen (secondary N) is 1. The molecule has 0 unspecified atom stereocenters. The molecule has 0 aliphatic rings. The fourth-order valence-corrected chi connectivity index (χ4v) is 1.58. The Hall–Kier alpha value is -1.62. The summed E-state index contributed by atoms with van der Waals surface area (Å²) >= 11 is 0. The van der Waals surface area contributed by atoms with Crippen molar-refractivity contribution in [2.24, 2.45) is 0 Å². The number of methoxy groups -OCH3 is 1. The van der Waals surface area contributed by atoms with Gasteiger partial charge in [0.15, 0.2) is 0 Å². The second kappa shape index (κ2) is 7.74. The first-order chi connectivity index (χ1) is 9.04. The summed E-state index contributed by atoms with van der Waals surface area (Å²) in [5.41, 5.74) is 1.08. The van der Waals surface area contributed by atoms with Gasteiger partial charge in [-0.25, -0.2) is 9.78 Å². The summed E-state index contributed by atoms with van der Waals surface area (Å²) in [5, 5.41) is 3.31. The summed E-state index contributed by atoms with van der Waals surface area (Å²) in [4.78, 5) is 15.6. The van der Waals surface area contributed by atoms with E-state index in [0.29, 0.717) is 29.8 Å². The van der Waals surface area contributed by atoms with Crippen LogP contribution in [0, 0.1) is 6.92 Å². The molecule has 0 amide bonds. The van der Waals surface area contributed by atoms with Gasteiger partial charge in [0, 0.05) is 12.1 Å². The van der Waals surface area contributed by atoms with Crippen molar-refractivity contribution < 1.29 is 14.3 Å². The highest BCUT2D eigenvalue weighted by molar-refractivity contribution is 5.90. The molecule has 0 fully saturated rings. The molecule has 1 aromatic heterocycles. The SMILES string of the molecule is COC(=O)c1ccc(OCCCNC(C)C)nc1C. The highest BCUT2D eigenvalue weighted by Crippen LogP contribution is 2.13. The van der Waals surface area contributed by atoms with Crippen LogP contribution in [0.5, 0.6) is 5.88 Å². The summed E-state index contributed by atoms with van der Waals surface area (Å²) in [5.74, 6) is 0.160. The quantitative estimate of drug-likeness (QED) is 0.603. The molecule has 0 aromatic carbocycles. The monoisotopic (exact) mass is 266 g/mol. The maximum Gasteiger partial charge on any atom is 0.339 e. The first-order valence-corrected chi connectivity index (χ1v) is 6.46. The van der Waals surface area contributed by atoms with E-state index in [9.17, 15) is 4.79 Å². The Morgan fingerprint density at radius 1 is 1.42 bits per heavy atom. The number of hydrogen-bond acceptors (Lipinski definition) is 5. The molecule has 0 atom stereocenters. The zero-order chi connectivity index (χ0) is 14.3. The van der Waals surface area contributed by atoms with E-state index in [1.807, 2.05) is 0 Å². The third kappa shape index (κ3) is 5.26. The minimum absolute atomic E-state index is 0.377. The van der Waals surface area contributed by atoms with Crippen LogP contribution in [0.15, 0.2) is 12.1 Å². The predicted octanol–water partition coefficient (Wildman–Crippen LogP) is 1.94. The van der Waals surface area contributed by atoms with Crippen LogP contribution in [-0.2, 0) is 4.74 Å². The predicted molar refractivity (Wildman–Crippen MR) is 73.6 cm³/mol. The van der Waals surface area contributed by atoms with Crippen molar-refractivity contribution in [3.05, 3.63) is 23.4 Å². The van der Waals surface area contributed by atoms with Gasteiger partial charge in [0.2, 0.25) is 5.88 Å². The lowest BCUT2D eigenvalue weighted by Crippen LogP contribution is -2.24. The Kier molecular flexibility index (Phi) is 6.29. The van der Waals surface area contributed by atoms with E-state index in [2.05, 4.69) is 28.9 Å². The second-order valence-electron chi connectivity index (χ2n) is 4.58. The van der Waals surface area contributed by atoms with Crippen LogP contribution < -0.4 is 10.1 Å². The summed E-state index contributed by atoms with van der Waals surface area (Å²) in [7, 11) is 1.36. The standard InChI is InChI=1S/C14H22N2O3/c1-10(2)15-8-5-9-19-13-7-6-12(11(3)16-13)14(17)18-4/h6-7,10,15H,5,8-9H2,1-4H3. The molecule has 0 radical (unpaired) electrons. The molecule has 19 heavy (non-hydrogen) atoms. The number of carbonyl (C=O) groups excluding carboxylic acids is 1. The molecule has 1 rings (SSSR count). The molecule has 0 spiro atoms. The molecular formula is C14H22N2O3. The van der Waals surface area contributed by atoms with E-state index in [1.165, 1.54) is 7.11 Å². The maximum absolute atomic E-state index is 11.4. The number of aromatic nitrogens is 1. The Morgan fingerprint density at radius 3 is 2.74 bits per heavy atom. The third-order valence-electron chi connectivity index (χ3n) is 2.59.